The topological polar surface area (TPSA) is 77.7 Å². The first kappa shape index (κ1) is 23.3. The van der Waals surface area contributed by atoms with Crippen molar-refractivity contribution in [2.45, 2.75) is 11.4 Å². The van der Waals surface area contributed by atoms with Crippen LogP contribution in [0.25, 0.3) is 11.3 Å². The van der Waals surface area contributed by atoms with Gasteiger partial charge in [-0.25, -0.2) is 9.18 Å². The molecule has 4 rings (SSSR count). The van der Waals surface area contributed by atoms with Crippen LogP contribution < -0.4 is 9.54 Å². The number of thiazole rings is 1. The molecule has 0 aliphatic carbocycles. The Morgan fingerprint density at radius 1 is 1.03 bits per heavy atom. The molecule has 4 aromatic rings. The predicted molar refractivity (Wildman–Crippen MR) is 128 cm³/mol. The van der Waals surface area contributed by atoms with Crippen molar-refractivity contribution in [2.24, 2.45) is 4.40 Å². The summed E-state index contributed by atoms with van der Waals surface area (Å²) in [6.45, 7) is 4.07. The first-order valence-corrected chi connectivity index (χ1v) is 12.4. The number of ether oxygens (including phenoxy) is 1. The predicted octanol–water partition coefficient (Wildman–Crippen LogP) is 5.05. The monoisotopic (exact) mass is 494 g/mol. The summed E-state index contributed by atoms with van der Waals surface area (Å²) in [5, 5.41) is 1.79. The number of carbonyl (C=O) groups excluding carboxylic acids is 1. The number of rotatable bonds is 7. The molecule has 0 aliphatic heterocycles. The Bertz CT molecular complexity index is 1490. The number of nitrogens with zero attached hydrogens (tertiary/aromatic N) is 2. The first-order valence-electron chi connectivity index (χ1n) is 10.1. The Hall–Kier alpha value is -3.82. The second-order valence-electron chi connectivity index (χ2n) is 7.10. The molecule has 0 bridgehead atoms. The van der Waals surface area contributed by atoms with Crippen molar-refractivity contribution < 1.29 is 22.3 Å². The minimum atomic E-state index is -4.03. The normalized spacial score (nSPS) is 11.9. The van der Waals surface area contributed by atoms with Crippen LogP contribution in [-0.2, 0) is 16.6 Å². The lowest BCUT2D eigenvalue weighted by atomic mass is 10.1. The van der Waals surface area contributed by atoms with Crippen molar-refractivity contribution in [3.63, 3.8) is 0 Å². The molecule has 0 N–H and O–H groups in total. The molecule has 0 unspecified atom stereocenters. The van der Waals surface area contributed by atoms with Crippen molar-refractivity contribution in [2.75, 3.05) is 0 Å². The maximum atomic E-state index is 13.2. The summed E-state index contributed by atoms with van der Waals surface area (Å²) >= 11 is 1.16. The number of benzene rings is 3. The molecule has 0 saturated carbocycles. The zero-order valence-corrected chi connectivity index (χ0v) is 19.4. The van der Waals surface area contributed by atoms with Gasteiger partial charge in [0.2, 0.25) is 4.80 Å². The van der Waals surface area contributed by atoms with Crippen LogP contribution in [-0.4, -0.2) is 19.0 Å². The van der Waals surface area contributed by atoms with E-state index >= 15 is 0 Å². The van der Waals surface area contributed by atoms with Crippen LogP contribution in [0.5, 0.6) is 5.75 Å². The van der Waals surface area contributed by atoms with E-state index in [1.807, 2.05) is 6.07 Å². The lowest BCUT2D eigenvalue weighted by Gasteiger charge is -2.08. The number of hydrogen-bond acceptors (Lipinski definition) is 5. The van der Waals surface area contributed by atoms with Crippen LogP contribution in [0.3, 0.4) is 0 Å². The van der Waals surface area contributed by atoms with Gasteiger partial charge >= 0.3 is 5.97 Å². The van der Waals surface area contributed by atoms with E-state index in [0.717, 1.165) is 34.7 Å². The molecular formula is C25H19FN2O4S2. The number of sulfonamides is 1. The SMILES string of the molecule is C=CCn1c(-c2ccc(OC(=O)c3ccccc3)cc2)csc1=NS(=O)(=O)c1ccc(F)cc1. The lowest BCUT2D eigenvalue weighted by Crippen LogP contribution is -2.17. The average Bonchev–Trinajstić information content (AvgIpc) is 3.22. The number of hydrogen-bond donors (Lipinski definition) is 0. The Morgan fingerprint density at radius 3 is 2.35 bits per heavy atom. The highest BCUT2D eigenvalue weighted by Gasteiger charge is 2.15. The van der Waals surface area contributed by atoms with Gasteiger partial charge in [-0.1, -0.05) is 24.3 Å². The maximum Gasteiger partial charge on any atom is 0.343 e. The summed E-state index contributed by atoms with van der Waals surface area (Å²) < 4.78 is 49.7. The maximum absolute atomic E-state index is 13.2. The molecule has 172 valence electrons. The van der Waals surface area contributed by atoms with E-state index in [1.54, 1.807) is 64.6 Å². The molecule has 0 atom stereocenters. The van der Waals surface area contributed by atoms with Gasteiger partial charge in [0.15, 0.2) is 0 Å². The van der Waals surface area contributed by atoms with Crippen molar-refractivity contribution in [3.05, 3.63) is 113 Å². The zero-order valence-electron chi connectivity index (χ0n) is 17.8. The molecule has 0 amide bonds. The molecule has 9 heteroatoms. The molecule has 1 aromatic heterocycles. The van der Waals surface area contributed by atoms with Gasteiger partial charge in [-0.2, -0.15) is 8.42 Å². The van der Waals surface area contributed by atoms with Gasteiger partial charge in [0.25, 0.3) is 10.0 Å². The van der Waals surface area contributed by atoms with Crippen LogP contribution in [0, 0.1) is 5.82 Å². The van der Waals surface area contributed by atoms with Gasteiger partial charge in [-0.3, -0.25) is 0 Å². The highest BCUT2D eigenvalue weighted by Crippen LogP contribution is 2.24. The largest absolute Gasteiger partial charge is 0.423 e. The molecule has 1 heterocycles. The zero-order chi connectivity index (χ0) is 24.1. The van der Waals surface area contributed by atoms with Crippen molar-refractivity contribution in [3.8, 4) is 17.0 Å². The van der Waals surface area contributed by atoms with Gasteiger partial charge in [0.1, 0.15) is 11.6 Å². The minimum absolute atomic E-state index is 0.0985. The van der Waals surface area contributed by atoms with Crippen LogP contribution in [0.15, 0.2) is 106 Å². The van der Waals surface area contributed by atoms with Crippen molar-refractivity contribution in [1.29, 1.82) is 0 Å². The minimum Gasteiger partial charge on any atom is -0.423 e. The summed E-state index contributed by atoms with van der Waals surface area (Å²) in [6.07, 6.45) is 1.63. The second kappa shape index (κ2) is 9.98. The van der Waals surface area contributed by atoms with E-state index in [2.05, 4.69) is 11.0 Å². The number of esters is 1. The quantitative estimate of drug-likeness (QED) is 0.205. The average molecular weight is 495 g/mol. The van der Waals surface area contributed by atoms with E-state index in [1.165, 1.54) is 12.1 Å². The third-order valence-corrected chi connectivity index (χ3v) is 7.05. The number of aromatic nitrogens is 1. The number of allylic oxidation sites excluding steroid dienone is 1. The van der Waals surface area contributed by atoms with Gasteiger partial charge in [0, 0.05) is 11.9 Å². The smallest absolute Gasteiger partial charge is 0.343 e. The standard InChI is InChI=1S/C25H19FN2O4S2/c1-2-16-28-23(17-33-25(28)27-34(30,31)22-14-10-20(26)11-15-22)18-8-12-21(13-9-18)32-24(29)19-6-4-3-5-7-19/h2-15,17H,1,16H2. The number of halogens is 1. The molecule has 3 aromatic carbocycles. The summed E-state index contributed by atoms with van der Waals surface area (Å²) in [7, 11) is -4.03. The molecule has 6 nitrogen and oxygen atoms in total. The Labute approximate surface area is 200 Å². The third kappa shape index (κ3) is 5.22. The fourth-order valence-corrected chi connectivity index (χ4v) is 5.27. The lowest BCUT2D eigenvalue weighted by molar-refractivity contribution is 0.0734. The Kier molecular flexibility index (Phi) is 6.85. The highest BCUT2D eigenvalue weighted by molar-refractivity contribution is 7.90. The fraction of sp³-hybridized carbons (Fsp3) is 0.0400. The van der Waals surface area contributed by atoms with Crippen LogP contribution in [0.1, 0.15) is 10.4 Å². The van der Waals surface area contributed by atoms with Gasteiger partial charge in [0.05, 0.1) is 16.2 Å². The number of carbonyl (C=O) groups is 1. The fourth-order valence-electron chi connectivity index (χ4n) is 3.14. The van der Waals surface area contributed by atoms with Crippen LogP contribution in [0.2, 0.25) is 0 Å². The van der Waals surface area contributed by atoms with Gasteiger partial charge in [-0.15, -0.1) is 22.3 Å². The van der Waals surface area contributed by atoms with E-state index in [-0.39, 0.29) is 9.70 Å². The first-order chi connectivity index (χ1) is 16.4. The molecule has 0 radical (unpaired) electrons. The van der Waals surface area contributed by atoms with Gasteiger partial charge < -0.3 is 9.30 Å². The summed E-state index contributed by atoms with van der Waals surface area (Å²) in [4.78, 5) is 12.4. The van der Waals surface area contributed by atoms with E-state index in [4.69, 9.17) is 4.74 Å². The van der Waals surface area contributed by atoms with Crippen molar-refractivity contribution in [1.82, 2.24) is 4.57 Å². The van der Waals surface area contributed by atoms with Crippen LogP contribution >= 0.6 is 11.3 Å². The Balaban J connectivity index is 1.64. The second-order valence-corrected chi connectivity index (χ2v) is 9.54. The van der Waals surface area contributed by atoms with E-state index in [0.29, 0.717) is 17.9 Å². The highest BCUT2D eigenvalue weighted by atomic mass is 32.2. The van der Waals surface area contributed by atoms with Gasteiger partial charge in [-0.05, 0) is 66.2 Å². The summed E-state index contributed by atoms with van der Waals surface area (Å²) in [5.41, 5.74) is 1.94. The summed E-state index contributed by atoms with van der Waals surface area (Å²) in [5.74, 6) is -0.610. The third-order valence-electron chi connectivity index (χ3n) is 4.79. The molecule has 0 aliphatic rings. The Morgan fingerprint density at radius 2 is 1.71 bits per heavy atom. The summed E-state index contributed by atoms with van der Waals surface area (Å²) in [6, 6.07) is 20.1. The van der Waals surface area contributed by atoms with Crippen molar-refractivity contribution >= 4 is 27.3 Å². The molecule has 0 saturated heterocycles. The molecule has 0 spiro atoms. The van der Waals surface area contributed by atoms with E-state index in [9.17, 15) is 17.6 Å². The molecular weight excluding hydrogens is 475 g/mol. The molecule has 0 fully saturated rings. The van der Waals surface area contributed by atoms with Crippen LogP contribution in [0.4, 0.5) is 4.39 Å². The molecule has 34 heavy (non-hydrogen) atoms. The van der Waals surface area contributed by atoms with E-state index < -0.39 is 21.8 Å².